The number of ether oxygens (including phenoxy) is 5. The number of carbonyl (C=O) groups excluding carboxylic acids is 1. The molecule has 9 N–H and O–H groups in total. The SMILES string of the molecule is COCCCC1NC(=O)C2CSSCC3NCCC#CC4(CC(C)CCC4CCC(O)C12)C1CC(Oc2cc4c(cc2O)C(CCO)SSCC(O)C(Cc2cc(OC)c(O)c(OC)c2)C(O)CC(OCO)CC4)CCC31. The van der Waals surface area contributed by atoms with Crippen LogP contribution in [0.3, 0.4) is 0 Å². The molecule has 1 spiro atoms. The quantitative estimate of drug-likeness (QED) is 0.0380. The van der Waals surface area contributed by atoms with Crippen LogP contribution >= 0.6 is 43.2 Å². The third-order valence-corrected chi connectivity index (χ3v) is 23.3. The lowest BCUT2D eigenvalue weighted by atomic mass is 9.51. The number of aryl methyl sites for hydroxylation is 1. The van der Waals surface area contributed by atoms with Crippen LogP contribution in [-0.2, 0) is 27.1 Å². The molecule has 77 heavy (non-hydrogen) atoms. The molecule has 2 saturated heterocycles. The van der Waals surface area contributed by atoms with Gasteiger partial charge in [0, 0.05) is 85.1 Å². The van der Waals surface area contributed by atoms with Crippen LogP contribution < -0.4 is 24.8 Å². The fraction of sp³-hybridized carbons (Fsp3) is 0.741. The Bertz CT molecular complexity index is 2270. The maximum atomic E-state index is 13.6. The fourth-order valence-electron chi connectivity index (χ4n) is 14.1. The Morgan fingerprint density at radius 2 is 1.60 bits per heavy atom. The van der Waals surface area contributed by atoms with Gasteiger partial charge in [-0.1, -0.05) is 62.4 Å². The van der Waals surface area contributed by atoms with Gasteiger partial charge in [0.15, 0.2) is 23.0 Å². The van der Waals surface area contributed by atoms with Crippen LogP contribution in [0.1, 0.15) is 119 Å². The van der Waals surface area contributed by atoms with Gasteiger partial charge in [-0.15, -0.1) is 5.92 Å². The van der Waals surface area contributed by atoms with Crippen molar-refractivity contribution in [2.45, 2.75) is 158 Å². The third-order valence-electron chi connectivity index (χ3n) is 18.0. The predicted octanol–water partition coefficient (Wildman–Crippen LogP) is 7.82. The Balaban J connectivity index is 1.07. The molecule has 4 fully saturated rings. The minimum absolute atomic E-state index is 0.0189. The third kappa shape index (κ3) is 14.8. The van der Waals surface area contributed by atoms with Crippen molar-refractivity contribution in [1.29, 1.82) is 0 Å². The van der Waals surface area contributed by atoms with E-state index in [4.69, 9.17) is 23.7 Å². The number of aliphatic hydroxyl groups is 5. The molecule has 15 nitrogen and oxygen atoms in total. The van der Waals surface area contributed by atoms with Gasteiger partial charge in [-0.25, -0.2) is 0 Å². The van der Waals surface area contributed by atoms with Crippen molar-refractivity contribution in [2.75, 3.05) is 65.1 Å². The summed E-state index contributed by atoms with van der Waals surface area (Å²) in [6, 6.07) is 7.19. The number of carbonyl (C=O) groups is 1. The second kappa shape index (κ2) is 29.0. The lowest BCUT2D eigenvalue weighted by Crippen LogP contribution is -2.53. The number of phenols is 2. The first-order valence-electron chi connectivity index (χ1n) is 28.2. The van der Waals surface area contributed by atoms with E-state index in [1.807, 2.05) is 16.9 Å². The number of amides is 1. The average molecular weight is 1150 g/mol. The number of aliphatic hydroxyl groups excluding tert-OH is 5. The number of benzene rings is 2. The molecule has 16 unspecified atom stereocenters. The number of fused-ring (bicyclic) bond motifs is 2. The van der Waals surface area contributed by atoms with Gasteiger partial charge >= 0.3 is 0 Å². The molecule has 2 saturated carbocycles. The van der Waals surface area contributed by atoms with Crippen LogP contribution in [-0.4, -0.2) is 149 Å². The molecule has 0 radical (unpaired) electrons. The zero-order valence-electron chi connectivity index (χ0n) is 45.4. The van der Waals surface area contributed by atoms with Gasteiger partial charge in [0.2, 0.25) is 11.7 Å². The second-order valence-electron chi connectivity index (χ2n) is 22.7. The number of methoxy groups -OCH3 is 3. The maximum Gasteiger partial charge on any atom is 0.224 e. The minimum atomic E-state index is -1.04. The van der Waals surface area contributed by atoms with Gasteiger partial charge in [0.1, 0.15) is 6.79 Å². The van der Waals surface area contributed by atoms with E-state index in [0.717, 1.165) is 87.6 Å². The number of aromatic hydroxyl groups is 2. The van der Waals surface area contributed by atoms with Crippen LogP contribution in [0.25, 0.3) is 0 Å². The number of rotatable bonds is 14. The predicted molar refractivity (Wildman–Crippen MR) is 306 cm³/mol. The summed E-state index contributed by atoms with van der Waals surface area (Å²) in [4.78, 5) is 13.6. The lowest BCUT2D eigenvalue weighted by molar-refractivity contribution is -0.123. The van der Waals surface area contributed by atoms with Crippen molar-refractivity contribution in [3.63, 3.8) is 0 Å². The van der Waals surface area contributed by atoms with Crippen molar-refractivity contribution < 1.29 is 64.2 Å². The van der Waals surface area contributed by atoms with E-state index in [1.54, 1.807) is 36.1 Å². The first-order valence-corrected chi connectivity index (χ1v) is 33.1. The molecule has 430 valence electrons. The van der Waals surface area contributed by atoms with Crippen LogP contribution in [0, 0.1) is 58.7 Å². The Morgan fingerprint density at radius 1 is 0.818 bits per heavy atom. The summed E-state index contributed by atoms with van der Waals surface area (Å²) in [5.41, 5.74) is 2.13. The zero-order valence-corrected chi connectivity index (χ0v) is 48.7. The summed E-state index contributed by atoms with van der Waals surface area (Å²) in [5.74, 6) is 10.4. The minimum Gasteiger partial charge on any atom is -0.504 e. The van der Waals surface area contributed by atoms with Gasteiger partial charge < -0.3 is 70.1 Å². The Hall–Kier alpha value is -2.45. The Morgan fingerprint density at radius 3 is 2.35 bits per heavy atom. The van der Waals surface area contributed by atoms with Gasteiger partial charge in [-0.05, 0) is 155 Å². The second-order valence-corrected chi connectivity index (χ2v) is 27.8. The number of hydrogen-bond donors (Lipinski definition) is 9. The number of nitrogens with one attached hydrogen (secondary N) is 2. The van der Waals surface area contributed by atoms with Gasteiger partial charge in [-0.2, -0.15) is 0 Å². The number of hydrogen-bond acceptors (Lipinski definition) is 18. The van der Waals surface area contributed by atoms with Crippen LogP contribution in [0.5, 0.6) is 28.7 Å². The molecule has 4 aliphatic heterocycles. The molecular formula is C58H86N2O13S4. The highest BCUT2D eigenvalue weighted by Gasteiger charge is 2.54. The van der Waals surface area contributed by atoms with E-state index >= 15 is 0 Å². The first kappa shape index (κ1) is 60.6. The summed E-state index contributed by atoms with van der Waals surface area (Å²) in [5, 5.41) is 86.2. The van der Waals surface area contributed by atoms with Crippen LogP contribution in [0.2, 0.25) is 0 Å². The van der Waals surface area contributed by atoms with Gasteiger partial charge in [-0.3, -0.25) is 4.79 Å². The van der Waals surface area contributed by atoms with E-state index in [0.29, 0.717) is 61.2 Å². The molecule has 16 atom stereocenters. The van der Waals surface area contributed by atoms with E-state index in [-0.39, 0.29) is 107 Å². The number of phenolic OH excluding ortho intramolecular Hbond substituents is 2. The highest BCUT2D eigenvalue weighted by Crippen LogP contribution is 2.58. The molecule has 2 aromatic rings. The van der Waals surface area contributed by atoms with Crippen molar-refractivity contribution in [1.82, 2.24) is 10.6 Å². The standard InChI is InChI=1S/C58H86N2O13S4/c1-34-9-11-37-12-16-47(63)55-43(57(68)60-45(55)8-7-21-69-2)30-74-75-31-46-40-15-14-39(26-44(40)58(37,29-34)18-5-6-19-59-46)73-51-25-36-10-13-38(72-33-62)27-48(64)42(22-35-23-52(70-3)56(67)53(24-35)71-4)50(66)32-76-77-54(17-20-61)41(36)28-49(51)65/h23-25,28,34,37-40,42-48,50,54-55,59,61-67H,6-17,19-22,26-27,29-33H2,1-4H3,(H,60,68). The summed E-state index contributed by atoms with van der Waals surface area (Å²) >= 11 is 0. The van der Waals surface area contributed by atoms with Gasteiger partial charge in [0.05, 0.1) is 50.7 Å². The average Bonchev–Trinajstić information content (AvgIpc) is 3.77. The van der Waals surface area contributed by atoms with Crippen LogP contribution in [0.4, 0.5) is 0 Å². The van der Waals surface area contributed by atoms with Crippen molar-refractivity contribution in [2.24, 2.45) is 46.8 Å². The molecule has 2 aromatic carbocycles. The molecule has 19 heteroatoms. The van der Waals surface area contributed by atoms with Crippen LogP contribution in [0.15, 0.2) is 24.3 Å². The van der Waals surface area contributed by atoms with E-state index in [1.165, 1.54) is 35.8 Å². The highest BCUT2D eigenvalue weighted by atomic mass is 33.1. The van der Waals surface area contributed by atoms with E-state index in [9.17, 15) is 40.5 Å². The van der Waals surface area contributed by atoms with Crippen molar-refractivity contribution >= 4 is 49.1 Å². The smallest absolute Gasteiger partial charge is 0.224 e. The fourth-order valence-corrected chi connectivity index (χ4v) is 19.7. The maximum absolute atomic E-state index is 13.6. The largest absolute Gasteiger partial charge is 0.504 e. The first-order chi connectivity index (χ1) is 37.3. The molecular weight excluding hydrogens is 1060 g/mol. The van der Waals surface area contributed by atoms with Crippen molar-refractivity contribution in [3.05, 3.63) is 41.0 Å². The summed E-state index contributed by atoms with van der Waals surface area (Å²) in [7, 11) is 11.1. The molecule has 0 aromatic heterocycles. The highest BCUT2D eigenvalue weighted by molar-refractivity contribution is 8.77. The van der Waals surface area contributed by atoms with Gasteiger partial charge in [0.25, 0.3) is 0 Å². The molecule has 1 amide bonds. The normalized spacial score (nSPS) is 35.4. The monoisotopic (exact) mass is 1150 g/mol. The Kier molecular flexibility index (Phi) is 22.8. The molecule has 8 rings (SSSR count). The Labute approximate surface area is 472 Å². The summed E-state index contributed by atoms with van der Waals surface area (Å²) in [6.07, 6.45) is 7.52. The zero-order chi connectivity index (χ0) is 54.6. The molecule has 4 heterocycles. The molecule has 2 bridgehead atoms. The van der Waals surface area contributed by atoms with E-state index < -0.39 is 37.1 Å². The molecule has 2 aliphatic carbocycles. The summed E-state index contributed by atoms with van der Waals surface area (Å²) < 4.78 is 29.2. The van der Waals surface area contributed by atoms with Crippen molar-refractivity contribution in [3.8, 4) is 40.6 Å². The topological polar surface area (TPSA) is 229 Å². The summed E-state index contributed by atoms with van der Waals surface area (Å²) in [6.45, 7) is 3.13. The lowest BCUT2D eigenvalue weighted by Gasteiger charge is -2.54. The van der Waals surface area contributed by atoms with E-state index in [2.05, 4.69) is 29.4 Å². The molecule has 6 aliphatic rings.